The molecule has 2 heterocycles. The van der Waals surface area contributed by atoms with Gasteiger partial charge in [0.2, 0.25) is 17.8 Å². The highest BCUT2D eigenvalue weighted by Crippen LogP contribution is 2.23. The smallest absolute Gasteiger partial charge is 0.274 e. The first kappa shape index (κ1) is 16.6. The zero-order chi connectivity index (χ0) is 18.1. The first-order valence-electron chi connectivity index (χ1n) is 7.60. The van der Waals surface area contributed by atoms with E-state index in [1.54, 1.807) is 30.7 Å². The molecule has 0 radical (unpaired) electrons. The van der Waals surface area contributed by atoms with Crippen molar-refractivity contribution in [3.63, 3.8) is 0 Å². The molecule has 0 saturated carbocycles. The van der Waals surface area contributed by atoms with Gasteiger partial charge in [-0.25, -0.2) is 4.68 Å². The highest BCUT2D eigenvalue weighted by Gasteiger charge is 2.30. The third-order valence-electron chi connectivity index (χ3n) is 3.90. The highest BCUT2D eigenvalue weighted by atomic mass is 16.6. The van der Waals surface area contributed by atoms with Gasteiger partial charge in [0.15, 0.2) is 0 Å². The Morgan fingerprint density at radius 1 is 1.48 bits per heavy atom. The van der Waals surface area contributed by atoms with E-state index in [0.717, 1.165) is 0 Å². The van der Waals surface area contributed by atoms with E-state index in [0.29, 0.717) is 23.0 Å². The van der Waals surface area contributed by atoms with Crippen LogP contribution in [-0.4, -0.2) is 31.5 Å². The van der Waals surface area contributed by atoms with E-state index in [-0.39, 0.29) is 24.6 Å². The molecular weight excluding hydrogens is 328 g/mol. The summed E-state index contributed by atoms with van der Waals surface area (Å²) in [4.78, 5) is 38.8. The summed E-state index contributed by atoms with van der Waals surface area (Å²) in [5.74, 6) is -0.391. The molecule has 0 saturated heterocycles. The van der Waals surface area contributed by atoms with Crippen molar-refractivity contribution in [2.24, 2.45) is 5.92 Å². The number of anilines is 2. The number of nitro groups is 1. The molecule has 2 amide bonds. The van der Waals surface area contributed by atoms with Gasteiger partial charge in [0.05, 0.1) is 17.4 Å². The zero-order valence-corrected chi connectivity index (χ0v) is 13.6. The zero-order valence-electron chi connectivity index (χ0n) is 13.6. The molecule has 0 unspecified atom stereocenters. The van der Waals surface area contributed by atoms with E-state index < -0.39 is 16.7 Å². The molecule has 0 aliphatic carbocycles. The van der Waals surface area contributed by atoms with Gasteiger partial charge in [-0.15, -0.1) is 0 Å². The summed E-state index contributed by atoms with van der Waals surface area (Å²) in [6.45, 7) is 3.58. The molecule has 1 aliphatic rings. The highest BCUT2D eigenvalue weighted by molar-refractivity contribution is 5.98. The van der Waals surface area contributed by atoms with Gasteiger partial charge in [-0.2, -0.15) is 10.1 Å². The average molecular weight is 344 g/mol. The minimum absolute atomic E-state index is 0.0636. The number of amides is 2. The van der Waals surface area contributed by atoms with E-state index >= 15 is 0 Å². The summed E-state index contributed by atoms with van der Waals surface area (Å²) in [5, 5.41) is 20.3. The van der Waals surface area contributed by atoms with Gasteiger partial charge in [0.1, 0.15) is 5.82 Å². The van der Waals surface area contributed by atoms with Crippen molar-refractivity contribution < 1.29 is 14.5 Å². The topological polar surface area (TPSA) is 132 Å². The molecule has 3 rings (SSSR count). The van der Waals surface area contributed by atoms with Crippen molar-refractivity contribution in [1.82, 2.24) is 14.8 Å². The maximum Gasteiger partial charge on any atom is 0.274 e. The van der Waals surface area contributed by atoms with E-state index in [4.69, 9.17) is 0 Å². The van der Waals surface area contributed by atoms with Gasteiger partial charge in [-0.3, -0.25) is 25.0 Å². The minimum atomic E-state index is -0.589. The molecule has 0 bridgehead atoms. The number of nitro benzene ring substituents is 1. The van der Waals surface area contributed by atoms with Gasteiger partial charge < -0.3 is 5.32 Å². The summed E-state index contributed by atoms with van der Waals surface area (Å²) < 4.78 is 1.55. The standard InChI is InChI=1S/C15H16N6O4/c1-8-3-4-11(6-12(8)21(24)25)17-13(22)5-10-7-20-15(18-14(10)23)16-9(2)19-20/h3-4,6,10H,5,7H2,1-2H3,(H,17,22)(H,16,18,19,23)/t10-/m1/s1. The fourth-order valence-electron chi connectivity index (χ4n) is 2.66. The lowest BCUT2D eigenvalue weighted by Gasteiger charge is -2.21. The van der Waals surface area contributed by atoms with Gasteiger partial charge in [-0.05, 0) is 19.9 Å². The lowest BCUT2D eigenvalue weighted by atomic mass is 10.0. The molecule has 1 atom stereocenters. The molecule has 2 N–H and O–H groups in total. The fourth-order valence-corrected chi connectivity index (χ4v) is 2.66. The summed E-state index contributed by atoms with van der Waals surface area (Å²) >= 11 is 0. The Labute approximate surface area is 142 Å². The van der Waals surface area contributed by atoms with Crippen molar-refractivity contribution in [2.75, 3.05) is 10.6 Å². The predicted molar refractivity (Wildman–Crippen MR) is 88.0 cm³/mol. The van der Waals surface area contributed by atoms with Crippen LogP contribution in [0.2, 0.25) is 0 Å². The molecule has 10 heteroatoms. The summed E-state index contributed by atoms with van der Waals surface area (Å²) in [5.41, 5.74) is 0.746. The Morgan fingerprint density at radius 2 is 2.24 bits per heavy atom. The van der Waals surface area contributed by atoms with Crippen LogP contribution in [-0.2, 0) is 16.1 Å². The molecule has 1 aromatic carbocycles. The van der Waals surface area contributed by atoms with Crippen molar-refractivity contribution in [1.29, 1.82) is 0 Å². The number of carbonyl (C=O) groups excluding carboxylic acids is 2. The van der Waals surface area contributed by atoms with Crippen LogP contribution in [0.1, 0.15) is 17.8 Å². The maximum absolute atomic E-state index is 12.2. The number of benzene rings is 1. The number of rotatable bonds is 4. The maximum atomic E-state index is 12.2. The average Bonchev–Trinajstić information content (AvgIpc) is 2.88. The molecule has 25 heavy (non-hydrogen) atoms. The van der Waals surface area contributed by atoms with E-state index in [2.05, 4.69) is 20.7 Å². The van der Waals surface area contributed by atoms with Crippen molar-refractivity contribution in [2.45, 2.75) is 26.8 Å². The second kappa shape index (κ2) is 6.30. The molecule has 0 fully saturated rings. The van der Waals surface area contributed by atoms with E-state index in [1.165, 1.54) is 6.07 Å². The third-order valence-corrected chi connectivity index (χ3v) is 3.90. The van der Waals surface area contributed by atoms with Crippen molar-refractivity contribution >= 4 is 29.1 Å². The molecule has 1 aromatic heterocycles. The quantitative estimate of drug-likeness (QED) is 0.636. The predicted octanol–water partition coefficient (Wildman–Crippen LogP) is 1.40. The Hall–Kier alpha value is -3.30. The summed E-state index contributed by atoms with van der Waals surface area (Å²) in [6.07, 6.45) is -0.0636. The molecular formula is C15H16N6O4. The molecule has 130 valence electrons. The molecule has 2 aromatic rings. The van der Waals surface area contributed by atoms with Crippen LogP contribution in [0.15, 0.2) is 18.2 Å². The Morgan fingerprint density at radius 3 is 2.96 bits per heavy atom. The first-order chi connectivity index (χ1) is 11.8. The minimum Gasteiger partial charge on any atom is -0.326 e. The van der Waals surface area contributed by atoms with Crippen LogP contribution in [0.3, 0.4) is 0 Å². The van der Waals surface area contributed by atoms with Gasteiger partial charge in [-0.1, -0.05) is 6.07 Å². The Balaban J connectivity index is 1.68. The lowest BCUT2D eigenvalue weighted by Crippen LogP contribution is -2.36. The molecule has 1 aliphatic heterocycles. The van der Waals surface area contributed by atoms with Crippen LogP contribution in [0, 0.1) is 29.9 Å². The normalized spacial score (nSPS) is 16.1. The van der Waals surface area contributed by atoms with Crippen LogP contribution >= 0.6 is 0 Å². The summed E-state index contributed by atoms with van der Waals surface area (Å²) in [7, 11) is 0. The summed E-state index contributed by atoms with van der Waals surface area (Å²) in [6, 6.07) is 4.44. The van der Waals surface area contributed by atoms with Gasteiger partial charge in [0, 0.05) is 23.7 Å². The van der Waals surface area contributed by atoms with Crippen molar-refractivity contribution in [3.05, 3.63) is 39.7 Å². The number of aryl methyl sites for hydroxylation is 2. The van der Waals surface area contributed by atoms with Crippen LogP contribution in [0.4, 0.5) is 17.3 Å². The monoisotopic (exact) mass is 344 g/mol. The Bertz CT molecular complexity index is 875. The fraction of sp³-hybridized carbons (Fsp3) is 0.333. The first-order valence-corrected chi connectivity index (χ1v) is 7.60. The van der Waals surface area contributed by atoms with Crippen LogP contribution in [0.25, 0.3) is 0 Å². The van der Waals surface area contributed by atoms with Crippen LogP contribution < -0.4 is 10.6 Å². The van der Waals surface area contributed by atoms with Gasteiger partial charge in [0.25, 0.3) is 5.69 Å². The Kier molecular flexibility index (Phi) is 4.17. The lowest BCUT2D eigenvalue weighted by molar-refractivity contribution is -0.385. The SMILES string of the molecule is Cc1nc2n(n1)C[C@@H](CC(=O)Nc1ccc(C)c([N+](=O)[O-])c1)C(=O)N2. The third kappa shape index (κ3) is 3.47. The number of aromatic nitrogens is 3. The number of nitrogens with zero attached hydrogens (tertiary/aromatic N) is 4. The molecule has 10 nitrogen and oxygen atoms in total. The van der Waals surface area contributed by atoms with E-state index in [9.17, 15) is 19.7 Å². The van der Waals surface area contributed by atoms with Crippen LogP contribution in [0.5, 0.6) is 0 Å². The van der Waals surface area contributed by atoms with Gasteiger partial charge >= 0.3 is 0 Å². The largest absolute Gasteiger partial charge is 0.326 e. The number of hydrogen-bond acceptors (Lipinski definition) is 6. The van der Waals surface area contributed by atoms with Crippen molar-refractivity contribution in [3.8, 4) is 0 Å². The second-order valence-electron chi connectivity index (χ2n) is 5.86. The second-order valence-corrected chi connectivity index (χ2v) is 5.86. The molecule has 0 spiro atoms. The number of carbonyl (C=O) groups is 2. The van der Waals surface area contributed by atoms with E-state index in [1.807, 2.05) is 0 Å². The number of hydrogen-bond donors (Lipinski definition) is 2. The number of nitrogens with one attached hydrogen (secondary N) is 2. The number of fused-ring (bicyclic) bond motifs is 1.